The van der Waals surface area contributed by atoms with Gasteiger partial charge >= 0.3 is 0 Å². The van der Waals surface area contributed by atoms with Gasteiger partial charge in [-0.1, -0.05) is 24.3 Å². The van der Waals surface area contributed by atoms with Gasteiger partial charge in [-0.05, 0) is 66.6 Å². The molecular weight excluding hydrogens is 484 g/mol. The first-order chi connectivity index (χ1) is 16.1. The Hall–Kier alpha value is -3.31. The molecule has 0 aromatic heterocycles. The van der Waals surface area contributed by atoms with E-state index in [9.17, 15) is 25.6 Å². The van der Waals surface area contributed by atoms with Gasteiger partial charge in [0.05, 0.1) is 22.4 Å². The predicted molar refractivity (Wildman–Crippen MR) is 125 cm³/mol. The molecule has 3 aromatic carbocycles. The number of hydrazone groups is 1. The maximum atomic E-state index is 13.5. The van der Waals surface area contributed by atoms with Crippen molar-refractivity contribution in [2.24, 2.45) is 5.10 Å². The van der Waals surface area contributed by atoms with Crippen molar-refractivity contribution in [2.75, 3.05) is 10.5 Å². The fraction of sp³-hybridized carbons (Fsp3) is 0.174. The van der Waals surface area contributed by atoms with Crippen molar-refractivity contribution < 1.29 is 25.6 Å². The number of hydrogen-bond donors (Lipinski definition) is 1. The Morgan fingerprint density at radius 1 is 0.941 bits per heavy atom. The van der Waals surface area contributed by atoms with E-state index < -0.39 is 37.7 Å². The van der Waals surface area contributed by atoms with Gasteiger partial charge in [0.1, 0.15) is 11.6 Å². The van der Waals surface area contributed by atoms with E-state index in [1.54, 1.807) is 24.3 Å². The monoisotopic (exact) mass is 505 g/mol. The van der Waals surface area contributed by atoms with E-state index in [1.807, 2.05) is 0 Å². The standard InChI is InChI=1S/C23H21F2N3O4S2/c1-2-33(29,30)27-20-5-3-4-17(14-20)22-15-23(16-6-8-18(24)9-7-16)28(26-22)34(31,32)21-12-10-19(25)11-13-21/h3-14,23,27H,2,15H2,1H3/t23-/m0/s1. The second-order valence-corrected chi connectivity index (χ2v) is 11.4. The van der Waals surface area contributed by atoms with Gasteiger partial charge in [-0.3, -0.25) is 4.72 Å². The number of halogens is 2. The lowest BCUT2D eigenvalue weighted by Crippen LogP contribution is -2.27. The third-order valence-electron chi connectivity index (χ3n) is 5.33. The molecule has 34 heavy (non-hydrogen) atoms. The minimum atomic E-state index is -4.17. The highest BCUT2D eigenvalue weighted by Crippen LogP contribution is 2.37. The van der Waals surface area contributed by atoms with Crippen LogP contribution in [-0.2, 0) is 20.0 Å². The Kier molecular flexibility index (Phi) is 6.41. The van der Waals surface area contributed by atoms with Crippen molar-refractivity contribution in [1.29, 1.82) is 0 Å². The molecule has 4 rings (SSSR count). The zero-order chi connectivity index (χ0) is 24.5. The highest BCUT2D eigenvalue weighted by Gasteiger charge is 2.37. The van der Waals surface area contributed by atoms with Gasteiger partial charge in [-0.15, -0.1) is 0 Å². The molecule has 3 aromatic rings. The molecule has 0 fully saturated rings. The maximum absolute atomic E-state index is 13.5. The molecule has 0 saturated carbocycles. The Bertz CT molecular complexity index is 1440. The fourth-order valence-corrected chi connectivity index (χ4v) is 5.61. The van der Waals surface area contributed by atoms with E-state index >= 15 is 0 Å². The minimum absolute atomic E-state index is 0.103. The summed E-state index contributed by atoms with van der Waals surface area (Å²) in [5, 5.41) is 4.36. The summed E-state index contributed by atoms with van der Waals surface area (Å²) in [6.07, 6.45) is 0.163. The van der Waals surface area contributed by atoms with E-state index in [0.29, 0.717) is 22.5 Å². The van der Waals surface area contributed by atoms with Gasteiger partial charge in [-0.2, -0.15) is 17.9 Å². The smallest absolute Gasteiger partial charge is 0.279 e. The molecule has 1 aliphatic rings. The summed E-state index contributed by atoms with van der Waals surface area (Å²) >= 11 is 0. The van der Waals surface area contributed by atoms with Crippen molar-refractivity contribution >= 4 is 31.4 Å². The van der Waals surface area contributed by atoms with Crippen LogP contribution >= 0.6 is 0 Å². The second kappa shape index (κ2) is 9.15. The minimum Gasteiger partial charge on any atom is -0.284 e. The molecular formula is C23H21F2N3O4S2. The first-order valence-electron chi connectivity index (χ1n) is 10.3. The average molecular weight is 506 g/mol. The molecule has 178 valence electrons. The van der Waals surface area contributed by atoms with Gasteiger partial charge in [-0.25, -0.2) is 17.2 Å². The molecule has 0 saturated heterocycles. The lowest BCUT2D eigenvalue weighted by molar-refractivity contribution is 0.371. The summed E-state index contributed by atoms with van der Waals surface area (Å²) in [5.74, 6) is -1.15. The van der Waals surface area contributed by atoms with E-state index in [2.05, 4.69) is 9.82 Å². The van der Waals surface area contributed by atoms with E-state index in [-0.39, 0.29) is 17.1 Å². The summed E-state index contributed by atoms with van der Waals surface area (Å²) in [7, 11) is -7.68. The van der Waals surface area contributed by atoms with Crippen LogP contribution in [0.15, 0.2) is 82.8 Å². The third kappa shape index (κ3) is 4.95. The van der Waals surface area contributed by atoms with Crippen LogP contribution in [0.2, 0.25) is 0 Å². The molecule has 1 aliphatic heterocycles. The quantitative estimate of drug-likeness (QED) is 0.519. The molecule has 0 unspecified atom stereocenters. The summed E-state index contributed by atoms with van der Waals surface area (Å²) in [6, 6.07) is 15.5. The predicted octanol–water partition coefficient (Wildman–Crippen LogP) is 4.27. The van der Waals surface area contributed by atoms with Gasteiger partial charge in [0.25, 0.3) is 10.0 Å². The number of sulfonamides is 2. The van der Waals surface area contributed by atoms with Crippen LogP contribution in [0.25, 0.3) is 0 Å². The van der Waals surface area contributed by atoms with Crippen LogP contribution in [0.4, 0.5) is 14.5 Å². The van der Waals surface area contributed by atoms with Gasteiger partial charge in [0.2, 0.25) is 10.0 Å². The molecule has 11 heteroatoms. The number of benzene rings is 3. The molecule has 1 atom stereocenters. The molecule has 0 amide bonds. The topological polar surface area (TPSA) is 95.9 Å². The van der Waals surface area contributed by atoms with Crippen LogP contribution in [0.3, 0.4) is 0 Å². The Labute approximate surface area is 196 Å². The number of hydrogen-bond acceptors (Lipinski definition) is 5. The van der Waals surface area contributed by atoms with Crippen molar-refractivity contribution in [3.8, 4) is 0 Å². The first kappa shape index (κ1) is 23.8. The third-order valence-corrected chi connectivity index (χ3v) is 8.34. The summed E-state index contributed by atoms with van der Waals surface area (Å²) < 4.78 is 81.0. The SMILES string of the molecule is CCS(=O)(=O)Nc1cccc(C2=NN(S(=O)(=O)c3ccc(F)cc3)[C@H](c3ccc(F)cc3)C2)c1. The van der Waals surface area contributed by atoms with Gasteiger partial charge in [0, 0.05) is 12.1 Å². The van der Waals surface area contributed by atoms with Gasteiger partial charge < -0.3 is 0 Å². The molecule has 1 N–H and O–H groups in total. The number of nitrogens with zero attached hydrogens (tertiary/aromatic N) is 2. The van der Waals surface area contributed by atoms with Gasteiger partial charge in [0.15, 0.2) is 0 Å². The average Bonchev–Trinajstić information content (AvgIpc) is 3.26. The van der Waals surface area contributed by atoms with E-state index in [1.165, 1.54) is 31.2 Å². The molecule has 0 radical (unpaired) electrons. The second-order valence-electron chi connectivity index (χ2n) is 7.64. The molecule has 0 spiro atoms. The normalized spacial score (nSPS) is 16.4. The number of anilines is 1. The molecule has 0 aliphatic carbocycles. The highest BCUT2D eigenvalue weighted by molar-refractivity contribution is 7.92. The lowest BCUT2D eigenvalue weighted by Gasteiger charge is -2.23. The zero-order valence-electron chi connectivity index (χ0n) is 18.0. The van der Waals surface area contributed by atoms with Crippen molar-refractivity contribution in [2.45, 2.75) is 24.3 Å². The Morgan fingerprint density at radius 3 is 2.18 bits per heavy atom. The Balaban J connectivity index is 1.76. The molecule has 0 bridgehead atoms. The Morgan fingerprint density at radius 2 is 1.56 bits per heavy atom. The molecule has 1 heterocycles. The number of rotatable bonds is 7. The highest BCUT2D eigenvalue weighted by atomic mass is 32.2. The van der Waals surface area contributed by atoms with Crippen LogP contribution in [0.1, 0.15) is 30.5 Å². The van der Waals surface area contributed by atoms with Crippen LogP contribution in [-0.4, -0.2) is 32.7 Å². The van der Waals surface area contributed by atoms with E-state index in [4.69, 9.17) is 0 Å². The first-order valence-corrected chi connectivity index (χ1v) is 13.4. The van der Waals surface area contributed by atoms with Crippen molar-refractivity contribution in [3.05, 3.63) is 95.6 Å². The van der Waals surface area contributed by atoms with Crippen LogP contribution < -0.4 is 4.72 Å². The fourth-order valence-electron chi connectivity index (χ4n) is 3.55. The van der Waals surface area contributed by atoms with Crippen LogP contribution in [0, 0.1) is 11.6 Å². The number of nitrogens with one attached hydrogen (secondary N) is 1. The maximum Gasteiger partial charge on any atom is 0.279 e. The van der Waals surface area contributed by atoms with Crippen molar-refractivity contribution in [3.63, 3.8) is 0 Å². The largest absolute Gasteiger partial charge is 0.284 e. The molecule has 7 nitrogen and oxygen atoms in total. The van der Waals surface area contributed by atoms with Crippen molar-refractivity contribution in [1.82, 2.24) is 4.41 Å². The summed E-state index contributed by atoms with van der Waals surface area (Å²) in [5.41, 5.74) is 1.77. The summed E-state index contributed by atoms with van der Waals surface area (Å²) in [4.78, 5) is -0.143. The van der Waals surface area contributed by atoms with Crippen LogP contribution in [0.5, 0.6) is 0 Å². The summed E-state index contributed by atoms with van der Waals surface area (Å²) in [6.45, 7) is 1.51. The zero-order valence-corrected chi connectivity index (χ0v) is 19.7. The van der Waals surface area contributed by atoms with E-state index in [0.717, 1.165) is 28.7 Å². The lowest BCUT2D eigenvalue weighted by atomic mass is 9.99.